The van der Waals surface area contributed by atoms with Gasteiger partial charge in [0.15, 0.2) is 6.10 Å². The first kappa shape index (κ1) is 81.4. The van der Waals surface area contributed by atoms with Crippen molar-refractivity contribution in [1.29, 1.82) is 0 Å². The van der Waals surface area contributed by atoms with E-state index >= 15 is 0 Å². The molecule has 0 N–H and O–H groups in total. The van der Waals surface area contributed by atoms with Gasteiger partial charge in [-0.15, -0.1) is 0 Å². The number of hydrogen-bond donors (Lipinski definition) is 0. The van der Waals surface area contributed by atoms with E-state index < -0.39 is 26.5 Å². The zero-order valence-corrected chi connectivity index (χ0v) is 56.4. The van der Waals surface area contributed by atoms with E-state index in [1.54, 1.807) is 0 Å². The Hall–Kier alpha value is -3.59. The molecule has 0 fully saturated rings. The van der Waals surface area contributed by atoms with Gasteiger partial charge in [0.1, 0.15) is 19.8 Å². The van der Waals surface area contributed by atoms with E-state index in [0.29, 0.717) is 17.4 Å². The average Bonchev–Trinajstić information content (AvgIpc) is 3.51. The van der Waals surface area contributed by atoms with Crippen LogP contribution in [0.4, 0.5) is 0 Å². The first-order valence-corrected chi connectivity index (χ1v) is 36.2. The largest absolute Gasteiger partial charge is 0.756 e. The van der Waals surface area contributed by atoms with Crippen LogP contribution >= 0.6 is 7.82 Å². The molecule has 10 heteroatoms. The minimum absolute atomic E-state index is 0.0348. The molecular formula is C75H130NO8P. The number of carbonyl (C=O) groups excluding carboxylic acids is 2. The van der Waals surface area contributed by atoms with E-state index in [0.717, 1.165) is 109 Å². The van der Waals surface area contributed by atoms with Crippen LogP contribution in [0, 0.1) is 0 Å². The van der Waals surface area contributed by atoms with Gasteiger partial charge < -0.3 is 27.9 Å². The van der Waals surface area contributed by atoms with Crippen LogP contribution in [0.15, 0.2) is 122 Å². The second-order valence-corrected chi connectivity index (χ2v) is 25.6. The Bertz CT molecular complexity index is 1850. The van der Waals surface area contributed by atoms with Crippen LogP contribution < -0.4 is 4.89 Å². The molecule has 0 aliphatic heterocycles. The van der Waals surface area contributed by atoms with E-state index in [1.165, 1.54) is 148 Å². The molecule has 0 aromatic heterocycles. The maximum absolute atomic E-state index is 12.9. The average molecular weight is 1200 g/mol. The number of quaternary nitrogens is 1. The first-order chi connectivity index (χ1) is 41.5. The van der Waals surface area contributed by atoms with Crippen molar-refractivity contribution in [2.24, 2.45) is 0 Å². The summed E-state index contributed by atoms with van der Waals surface area (Å²) in [5.41, 5.74) is 0. The summed E-state index contributed by atoms with van der Waals surface area (Å²) in [6.45, 7) is 4.15. The van der Waals surface area contributed by atoms with Gasteiger partial charge in [-0.3, -0.25) is 14.2 Å². The summed E-state index contributed by atoms with van der Waals surface area (Å²) in [6.07, 6.45) is 92.7. The van der Waals surface area contributed by atoms with Crippen molar-refractivity contribution in [2.45, 2.75) is 296 Å². The van der Waals surface area contributed by atoms with Gasteiger partial charge in [0.05, 0.1) is 27.7 Å². The van der Waals surface area contributed by atoms with E-state index in [2.05, 4.69) is 135 Å². The molecule has 0 rings (SSSR count). The summed E-state index contributed by atoms with van der Waals surface area (Å²) >= 11 is 0. The Kier molecular flexibility index (Phi) is 62.1. The molecule has 2 unspecified atom stereocenters. The highest BCUT2D eigenvalue weighted by molar-refractivity contribution is 7.45. The van der Waals surface area contributed by atoms with Crippen molar-refractivity contribution in [2.75, 3.05) is 47.5 Å². The number of phosphoric ester groups is 1. The molecule has 0 radical (unpaired) electrons. The molecular weight excluding hydrogens is 1070 g/mol. The predicted molar refractivity (Wildman–Crippen MR) is 365 cm³/mol. The number of likely N-dealkylation sites (N-methyl/N-ethyl adjacent to an activating group) is 1. The second kappa shape index (κ2) is 64.9. The number of nitrogens with zero attached hydrogens (tertiary/aromatic N) is 1. The molecule has 0 saturated heterocycles. The Morgan fingerprint density at radius 1 is 0.376 bits per heavy atom. The topological polar surface area (TPSA) is 111 Å². The Labute approximate surface area is 524 Å². The molecule has 0 bridgehead atoms. The third kappa shape index (κ3) is 69.4. The van der Waals surface area contributed by atoms with Gasteiger partial charge in [-0.05, 0) is 89.9 Å². The molecule has 488 valence electrons. The van der Waals surface area contributed by atoms with Gasteiger partial charge in [0, 0.05) is 12.8 Å². The van der Waals surface area contributed by atoms with Crippen LogP contribution in [0.2, 0.25) is 0 Å². The van der Waals surface area contributed by atoms with Crippen LogP contribution in [-0.2, 0) is 32.7 Å². The number of hydrogen-bond acceptors (Lipinski definition) is 8. The SMILES string of the molecule is CC/C=C\C/C=C\C/C=C\C/C=C\C/C=C\C/C=C\C/C=C\C/C=C\C/C=C\C/C=C\CCCCCCCCCCCCC(=O)OC(COC(=O)CCCCCCCCCCCCCCCCCCCCCC)COP(=O)([O-])OCC[N+](C)(C)C. The Morgan fingerprint density at radius 3 is 1.00 bits per heavy atom. The van der Waals surface area contributed by atoms with Crippen molar-refractivity contribution in [3.63, 3.8) is 0 Å². The van der Waals surface area contributed by atoms with E-state index in [-0.39, 0.29) is 32.0 Å². The molecule has 0 aliphatic carbocycles. The lowest BCUT2D eigenvalue weighted by Gasteiger charge is -2.28. The number of carbonyl (C=O) groups is 2. The molecule has 85 heavy (non-hydrogen) atoms. The fraction of sp³-hybridized carbons (Fsp3) is 0.707. The van der Waals surface area contributed by atoms with Crippen LogP contribution in [-0.4, -0.2) is 70.0 Å². The minimum atomic E-state index is -4.65. The van der Waals surface area contributed by atoms with Gasteiger partial charge in [0.2, 0.25) is 0 Å². The standard InChI is InChI=1S/C75H130NO8P/c1-6-8-10-12-14-16-18-20-22-24-26-28-29-30-31-32-33-34-35-36-37-38-39-40-41-42-43-44-45-46-47-48-50-52-54-56-58-60-62-64-66-68-75(78)84-73(72-83-85(79,80)82-70-69-76(3,4)5)71-81-74(77)67-65-63-61-59-57-55-53-51-49-27-25-23-21-19-17-15-13-11-9-7-2/h8,10,14,16,20,22,26,28,30-31,33-34,36-37,39-40,42-43,45-46,73H,6-7,9,11-13,15,17-19,21,23-25,27,29,32,35,38,41,44,47-72H2,1-5H3/b10-8-,16-14-,22-20-,28-26-,31-30-,34-33-,37-36-,40-39-,43-42-,46-45-. The van der Waals surface area contributed by atoms with Crippen molar-refractivity contribution in [1.82, 2.24) is 0 Å². The summed E-state index contributed by atoms with van der Waals surface area (Å²) in [7, 11) is 1.16. The highest BCUT2D eigenvalue weighted by Gasteiger charge is 2.22. The summed E-state index contributed by atoms with van der Waals surface area (Å²) in [5.74, 6) is -0.833. The molecule has 0 saturated carbocycles. The fourth-order valence-corrected chi connectivity index (χ4v) is 10.2. The van der Waals surface area contributed by atoms with Crippen LogP contribution in [0.3, 0.4) is 0 Å². The molecule has 0 amide bonds. The van der Waals surface area contributed by atoms with E-state index in [1.807, 2.05) is 21.1 Å². The third-order valence-electron chi connectivity index (χ3n) is 14.7. The molecule has 0 aromatic rings. The molecule has 0 heterocycles. The maximum Gasteiger partial charge on any atom is 0.306 e. The van der Waals surface area contributed by atoms with Crippen LogP contribution in [0.1, 0.15) is 290 Å². The number of unbranched alkanes of at least 4 members (excludes halogenated alkanes) is 29. The molecule has 0 aliphatic rings. The van der Waals surface area contributed by atoms with E-state index in [9.17, 15) is 19.0 Å². The van der Waals surface area contributed by atoms with Crippen LogP contribution in [0.5, 0.6) is 0 Å². The van der Waals surface area contributed by atoms with Crippen molar-refractivity contribution in [3.8, 4) is 0 Å². The summed E-state index contributed by atoms with van der Waals surface area (Å²) in [4.78, 5) is 38.0. The number of rotatable bonds is 63. The Morgan fingerprint density at radius 2 is 0.671 bits per heavy atom. The quantitative estimate of drug-likeness (QED) is 0.0195. The normalized spacial score (nSPS) is 13.9. The number of allylic oxidation sites excluding steroid dienone is 20. The molecule has 0 spiro atoms. The van der Waals surface area contributed by atoms with Gasteiger partial charge in [-0.25, -0.2) is 0 Å². The lowest BCUT2D eigenvalue weighted by atomic mass is 10.0. The molecule has 2 atom stereocenters. The lowest BCUT2D eigenvalue weighted by molar-refractivity contribution is -0.870. The monoisotopic (exact) mass is 1200 g/mol. The van der Waals surface area contributed by atoms with Gasteiger partial charge in [0.25, 0.3) is 7.82 Å². The third-order valence-corrected chi connectivity index (χ3v) is 15.7. The molecule has 9 nitrogen and oxygen atoms in total. The van der Waals surface area contributed by atoms with Crippen molar-refractivity contribution in [3.05, 3.63) is 122 Å². The predicted octanol–water partition coefficient (Wildman–Crippen LogP) is 22.0. The highest BCUT2D eigenvalue weighted by atomic mass is 31.2. The van der Waals surface area contributed by atoms with Crippen molar-refractivity contribution >= 4 is 19.8 Å². The molecule has 0 aromatic carbocycles. The highest BCUT2D eigenvalue weighted by Crippen LogP contribution is 2.38. The second-order valence-electron chi connectivity index (χ2n) is 24.2. The summed E-state index contributed by atoms with van der Waals surface area (Å²) in [6, 6.07) is 0. The zero-order chi connectivity index (χ0) is 61.9. The number of ether oxygens (including phenoxy) is 2. The van der Waals surface area contributed by atoms with Gasteiger partial charge in [-0.1, -0.05) is 309 Å². The minimum Gasteiger partial charge on any atom is -0.756 e. The summed E-state index contributed by atoms with van der Waals surface area (Å²) < 4.78 is 34.3. The Balaban J connectivity index is 4.07. The number of phosphoric acid groups is 1. The first-order valence-electron chi connectivity index (χ1n) is 34.7. The van der Waals surface area contributed by atoms with Gasteiger partial charge >= 0.3 is 11.9 Å². The van der Waals surface area contributed by atoms with E-state index in [4.69, 9.17) is 18.5 Å². The smallest absolute Gasteiger partial charge is 0.306 e. The summed E-state index contributed by atoms with van der Waals surface area (Å²) in [5, 5.41) is 0. The lowest BCUT2D eigenvalue weighted by Crippen LogP contribution is -2.37. The fourth-order valence-electron chi connectivity index (χ4n) is 9.45. The van der Waals surface area contributed by atoms with Gasteiger partial charge in [-0.2, -0.15) is 0 Å². The maximum atomic E-state index is 12.9. The van der Waals surface area contributed by atoms with Crippen LogP contribution in [0.25, 0.3) is 0 Å². The van der Waals surface area contributed by atoms with Crippen molar-refractivity contribution < 1.29 is 42.1 Å². The number of esters is 2. The zero-order valence-electron chi connectivity index (χ0n) is 55.5.